The molecule has 0 aromatic heterocycles. The number of carbonyl (C=O) groups excluding carboxylic acids is 2. The molecule has 2 fully saturated rings. The Labute approximate surface area is 216 Å². The predicted octanol–water partition coefficient (Wildman–Crippen LogP) is 3.68. The summed E-state index contributed by atoms with van der Waals surface area (Å²) in [5, 5.41) is 13.1. The van der Waals surface area contributed by atoms with Gasteiger partial charge in [0.05, 0.1) is 42.6 Å². The Morgan fingerprint density at radius 2 is 2.00 bits per heavy atom. The maximum absolute atomic E-state index is 15.0. The summed E-state index contributed by atoms with van der Waals surface area (Å²) in [4.78, 5) is 25.8. The van der Waals surface area contributed by atoms with Crippen LogP contribution in [0.1, 0.15) is 75.1 Å². The molecular formula is C29H34FNO6. The fourth-order valence-electron chi connectivity index (χ4n) is 5.50. The number of aliphatic hydroxyl groups excluding tert-OH is 1. The van der Waals surface area contributed by atoms with E-state index in [2.05, 4.69) is 5.32 Å². The summed E-state index contributed by atoms with van der Waals surface area (Å²) in [6.45, 7) is 3.89. The molecule has 37 heavy (non-hydrogen) atoms. The summed E-state index contributed by atoms with van der Waals surface area (Å²) >= 11 is 0. The lowest BCUT2D eigenvalue weighted by atomic mass is 9.91. The standard InChI is InChI=1S/C29H34FNO6/c1-17-19(13-18-4-6-22(24(30)14-18)26(32)7-5-20-3-2-10-36-20)15-23(28-21(17)8-12-37-28)29(34)31-25-9-11-35-16-27(25)33/h4,6,14-15,20,25,27,33H,2-3,5,7-13,16H2,1H3,(H,31,34)/t20-,25+,27+/m1/s1. The van der Waals surface area contributed by atoms with Crippen LogP contribution in [0.5, 0.6) is 5.75 Å². The number of hydrogen-bond acceptors (Lipinski definition) is 6. The number of fused-ring (bicyclic) bond motifs is 1. The van der Waals surface area contributed by atoms with Crippen LogP contribution in [0.25, 0.3) is 0 Å². The minimum atomic E-state index is -0.758. The van der Waals surface area contributed by atoms with Crippen molar-refractivity contribution < 1.29 is 33.3 Å². The van der Waals surface area contributed by atoms with Gasteiger partial charge < -0.3 is 24.6 Å². The number of aliphatic hydroxyl groups is 1. The number of carbonyl (C=O) groups is 2. The van der Waals surface area contributed by atoms with Crippen molar-refractivity contribution in [2.75, 3.05) is 26.4 Å². The van der Waals surface area contributed by atoms with E-state index in [0.29, 0.717) is 50.2 Å². The average molecular weight is 512 g/mol. The van der Waals surface area contributed by atoms with Gasteiger partial charge in [-0.3, -0.25) is 9.59 Å². The summed E-state index contributed by atoms with van der Waals surface area (Å²) in [6, 6.07) is 6.18. The third-order valence-corrected chi connectivity index (χ3v) is 7.70. The molecule has 8 heteroatoms. The third-order valence-electron chi connectivity index (χ3n) is 7.70. The van der Waals surface area contributed by atoms with Crippen LogP contribution in [0, 0.1) is 12.7 Å². The topological polar surface area (TPSA) is 94.1 Å². The van der Waals surface area contributed by atoms with E-state index >= 15 is 0 Å². The summed E-state index contributed by atoms with van der Waals surface area (Å²) in [5.41, 5.74) is 4.16. The first-order chi connectivity index (χ1) is 17.9. The van der Waals surface area contributed by atoms with Gasteiger partial charge in [-0.05, 0) is 73.9 Å². The normalized spacial score (nSPS) is 22.9. The van der Waals surface area contributed by atoms with Crippen molar-refractivity contribution >= 4 is 11.7 Å². The van der Waals surface area contributed by atoms with Crippen molar-refractivity contribution in [1.29, 1.82) is 0 Å². The van der Waals surface area contributed by atoms with Gasteiger partial charge >= 0.3 is 0 Å². The highest BCUT2D eigenvalue weighted by Crippen LogP contribution is 2.36. The molecule has 3 aliphatic heterocycles. The highest BCUT2D eigenvalue weighted by atomic mass is 19.1. The first kappa shape index (κ1) is 25.8. The summed E-state index contributed by atoms with van der Waals surface area (Å²) in [6.07, 6.45) is 3.84. The summed E-state index contributed by atoms with van der Waals surface area (Å²) < 4.78 is 31.6. The molecule has 198 valence electrons. The number of hydrogen-bond donors (Lipinski definition) is 2. The molecule has 2 saturated heterocycles. The monoisotopic (exact) mass is 511 g/mol. The minimum Gasteiger partial charge on any atom is -0.492 e. The molecule has 0 bridgehead atoms. The lowest BCUT2D eigenvalue weighted by Crippen LogP contribution is -2.48. The van der Waals surface area contributed by atoms with Gasteiger partial charge in [0.1, 0.15) is 11.6 Å². The molecule has 3 aliphatic rings. The largest absolute Gasteiger partial charge is 0.492 e. The molecule has 0 radical (unpaired) electrons. The molecule has 3 atom stereocenters. The molecule has 5 rings (SSSR count). The van der Waals surface area contributed by atoms with E-state index < -0.39 is 11.9 Å². The van der Waals surface area contributed by atoms with Crippen molar-refractivity contribution in [2.24, 2.45) is 0 Å². The Balaban J connectivity index is 1.33. The Morgan fingerprint density at radius 1 is 1.14 bits per heavy atom. The highest BCUT2D eigenvalue weighted by molar-refractivity contribution is 5.98. The van der Waals surface area contributed by atoms with E-state index in [4.69, 9.17) is 14.2 Å². The minimum absolute atomic E-state index is 0.0964. The van der Waals surface area contributed by atoms with Crippen LogP contribution < -0.4 is 10.1 Å². The Morgan fingerprint density at radius 3 is 2.76 bits per heavy atom. The quantitative estimate of drug-likeness (QED) is 0.525. The van der Waals surface area contributed by atoms with Gasteiger partial charge in [-0.1, -0.05) is 6.07 Å². The summed E-state index contributed by atoms with van der Waals surface area (Å²) in [7, 11) is 0. The average Bonchev–Trinajstić information content (AvgIpc) is 3.58. The third kappa shape index (κ3) is 5.71. The lowest BCUT2D eigenvalue weighted by molar-refractivity contribution is -0.0261. The first-order valence-corrected chi connectivity index (χ1v) is 13.2. The Kier molecular flexibility index (Phi) is 7.88. The van der Waals surface area contributed by atoms with Crippen LogP contribution in [0.3, 0.4) is 0 Å². The molecule has 3 heterocycles. The molecule has 0 saturated carbocycles. The van der Waals surface area contributed by atoms with E-state index in [-0.39, 0.29) is 42.4 Å². The Bertz CT molecular complexity index is 1180. The molecule has 2 aromatic rings. The maximum atomic E-state index is 15.0. The lowest BCUT2D eigenvalue weighted by Gasteiger charge is -2.28. The number of halogens is 1. The fraction of sp³-hybridized carbons (Fsp3) is 0.517. The molecule has 2 N–H and O–H groups in total. The van der Waals surface area contributed by atoms with Gasteiger partial charge in [0.25, 0.3) is 5.91 Å². The second kappa shape index (κ2) is 11.3. The Hall–Kier alpha value is -2.81. The zero-order chi connectivity index (χ0) is 25.9. The number of Topliss-reactive ketones (excluding diaryl/α,β-unsaturated/α-hetero) is 1. The maximum Gasteiger partial charge on any atom is 0.255 e. The van der Waals surface area contributed by atoms with Crippen molar-refractivity contribution in [1.82, 2.24) is 5.32 Å². The predicted molar refractivity (Wildman–Crippen MR) is 135 cm³/mol. The molecule has 7 nitrogen and oxygen atoms in total. The van der Waals surface area contributed by atoms with Gasteiger partial charge in [-0.2, -0.15) is 0 Å². The van der Waals surface area contributed by atoms with E-state index in [9.17, 15) is 19.1 Å². The van der Waals surface area contributed by atoms with Crippen LogP contribution in [-0.2, 0) is 22.3 Å². The zero-order valence-electron chi connectivity index (χ0n) is 21.2. The number of ketones is 1. The van der Waals surface area contributed by atoms with Crippen molar-refractivity contribution in [2.45, 2.75) is 70.1 Å². The van der Waals surface area contributed by atoms with Crippen LogP contribution in [0.15, 0.2) is 24.3 Å². The fourth-order valence-corrected chi connectivity index (χ4v) is 5.50. The molecule has 2 aromatic carbocycles. The molecule has 0 spiro atoms. The van der Waals surface area contributed by atoms with Crippen LogP contribution in [-0.4, -0.2) is 61.5 Å². The summed E-state index contributed by atoms with van der Waals surface area (Å²) in [5.74, 6) is -0.453. The van der Waals surface area contributed by atoms with Crippen molar-refractivity contribution in [3.05, 3.63) is 63.5 Å². The van der Waals surface area contributed by atoms with E-state index in [1.807, 2.05) is 6.92 Å². The molecular weight excluding hydrogens is 477 g/mol. The number of amides is 1. The van der Waals surface area contributed by atoms with Gasteiger partial charge in [0.15, 0.2) is 5.78 Å². The molecule has 0 unspecified atom stereocenters. The molecule has 1 amide bonds. The number of rotatable bonds is 8. The van der Waals surface area contributed by atoms with E-state index in [0.717, 1.165) is 41.7 Å². The van der Waals surface area contributed by atoms with Gasteiger partial charge in [-0.25, -0.2) is 4.39 Å². The van der Waals surface area contributed by atoms with Crippen molar-refractivity contribution in [3.8, 4) is 5.75 Å². The van der Waals surface area contributed by atoms with E-state index in [1.165, 1.54) is 6.07 Å². The second-order valence-electron chi connectivity index (χ2n) is 10.2. The van der Waals surface area contributed by atoms with Gasteiger partial charge in [-0.15, -0.1) is 0 Å². The number of benzene rings is 2. The van der Waals surface area contributed by atoms with Crippen LogP contribution in [0.2, 0.25) is 0 Å². The molecule has 0 aliphatic carbocycles. The van der Waals surface area contributed by atoms with E-state index in [1.54, 1.807) is 18.2 Å². The van der Waals surface area contributed by atoms with Gasteiger partial charge in [0, 0.05) is 31.6 Å². The number of nitrogens with one attached hydrogen (secondary N) is 1. The van der Waals surface area contributed by atoms with Crippen LogP contribution in [0.4, 0.5) is 4.39 Å². The zero-order valence-corrected chi connectivity index (χ0v) is 21.2. The van der Waals surface area contributed by atoms with Crippen LogP contribution >= 0.6 is 0 Å². The van der Waals surface area contributed by atoms with Gasteiger partial charge in [0.2, 0.25) is 0 Å². The second-order valence-corrected chi connectivity index (χ2v) is 10.2. The first-order valence-electron chi connectivity index (χ1n) is 13.2. The number of ether oxygens (including phenoxy) is 3. The smallest absolute Gasteiger partial charge is 0.255 e. The highest BCUT2D eigenvalue weighted by Gasteiger charge is 2.30. The SMILES string of the molecule is Cc1c(Cc2ccc(C(=O)CC[C@H]3CCCO3)c(F)c2)cc(C(=O)N[C@H]2CCOC[C@@H]2O)c2c1CCO2. The van der Waals surface area contributed by atoms with Crippen molar-refractivity contribution in [3.63, 3.8) is 0 Å².